The highest BCUT2D eigenvalue weighted by Gasteiger charge is 2.21. The van der Waals surface area contributed by atoms with E-state index in [0.29, 0.717) is 22.7 Å². The molecular weight excluding hydrogens is 428 g/mol. The summed E-state index contributed by atoms with van der Waals surface area (Å²) in [7, 11) is 0.922. The van der Waals surface area contributed by atoms with E-state index in [9.17, 15) is 13.2 Å². The molecule has 0 aliphatic carbocycles. The summed E-state index contributed by atoms with van der Waals surface area (Å²) in [4.78, 5) is 12.9. The molecule has 0 saturated heterocycles. The number of rotatable bonds is 8. The summed E-state index contributed by atoms with van der Waals surface area (Å²) in [6, 6.07) is 19.8. The Kier molecular flexibility index (Phi) is 7.05. The molecule has 1 unspecified atom stereocenters. The van der Waals surface area contributed by atoms with Crippen molar-refractivity contribution in [2.45, 2.75) is 17.9 Å². The fourth-order valence-corrected chi connectivity index (χ4v) is 4.41. The molecule has 1 amide bonds. The molecule has 0 radical (unpaired) electrons. The summed E-state index contributed by atoms with van der Waals surface area (Å²) in [6.45, 7) is 1.87. The molecule has 0 heterocycles. The van der Waals surface area contributed by atoms with Gasteiger partial charge in [0, 0.05) is 12.6 Å². The van der Waals surface area contributed by atoms with Gasteiger partial charge in [-0.25, -0.2) is 8.42 Å². The lowest BCUT2D eigenvalue weighted by atomic mass is 10.1. The van der Waals surface area contributed by atoms with Crippen LogP contribution < -0.4 is 19.1 Å². The van der Waals surface area contributed by atoms with Gasteiger partial charge < -0.3 is 14.8 Å². The van der Waals surface area contributed by atoms with Gasteiger partial charge in [-0.3, -0.25) is 9.10 Å². The molecule has 3 aromatic rings. The number of hydrogen-bond donors (Lipinski definition) is 1. The second-order valence-electron chi connectivity index (χ2n) is 7.14. The Morgan fingerprint density at radius 3 is 2.12 bits per heavy atom. The highest BCUT2D eigenvalue weighted by atomic mass is 32.2. The molecule has 0 saturated carbocycles. The van der Waals surface area contributed by atoms with Gasteiger partial charge in [-0.15, -0.1) is 0 Å². The third-order valence-corrected chi connectivity index (χ3v) is 6.95. The predicted molar refractivity (Wildman–Crippen MR) is 124 cm³/mol. The van der Waals surface area contributed by atoms with Crippen LogP contribution in [0.2, 0.25) is 0 Å². The fourth-order valence-electron chi connectivity index (χ4n) is 3.20. The monoisotopic (exact) mass is 454 g/mol. The Labute approximate surface area is 188 Å². The van der Waals surface area contributed by atoms with E-state index in [4.69, 9.17) is 9.47 Å². The molecule has 0 fully saturated rings. The highest BCUT2D eigenvalue weighted by molar-refractivity contribution is 7.92. The number of nitrogens with zero attached hydrogens (tertiary/aromatic N) is 1. The molecule has 8 heteroatoms. The first-order chi connectivity index (χ1) is 15.3. The molecule has 1 atom stereocenters. The van der Waals surface area contributed by atoms with Crippen molar-refractivity contribution in [2.75, 3.05) is 25.6 Å². The summed E-state index contributed by atoms with van der Waals surface area (Å²) < 4.78 is 37.3. The Morgan fingerprint density at radius 1 is 0.906 bits per heavy atom. The molecule has 168 valence electrons. The average Bonchev–Trinajstić information content (AvgIpc) is 2.83. The van der Waals surface area contributed by atoms with Crippen molar-refractivity contribution in [3.8, 4) is 11.5 Å². The van der Waals surface area contributed by atoms with Crippen LogP contribution in [0.5, 0.6) is 11.5 Å². The quantitative estimate of drug-likeness (QED) is 0.556. The molecule has 0 aliphatic heterocycles. The first-order valence-corrected chi connectivity index (χ1v) is 11.4. The van der Waals surface area contributed by atoms with Crippen molar-refractivity contribution in [1.82, 2.24) is 5.32 Å². The predicted octanol–water partition coefficient (Wildman–Crippen LogP) is 4.02. The fraction of sp³-hybridized carbons (Fsp3) is 0.208. The SMILES string of the molecule is COc1ccc(C(C)NC(=O)c2ccc(N(C)S(=O)(=O)c3ccccc3)cc2)cc1OC. The Hall–Kier alpha value is -3.52. The molecule has 7 nitrogen and oxygen atoms in total. The lowest BCUT2D eigenvalue weighted by Crippen LogP contribution is -2.28. The Balaban J connectivity index is 1.72. The normalized spacial score (nSPS) is 12.0. The molecule has 0 aromatic heterocycles. The molecular formula is C24H26N2O5S. The van der Waals surface area contributed by atoms with Gasteiger partial charge in [-0.1, -0.05) is 24.3 Å². The number of sulfonamides is 1. The third-order valence-electron chi connectivity index (χ3n) is 5.15. The number of nitrogens with one attached hydrogen (secondary N) is 1. The van der Waals surface area contributed by atoms with E-state index in [0.717, 1.165) is 5.56 Å². The van der Waals surface area contributed by atoms with Crippen LogP contribution >= 0.6 is 0 Å². The van der Waals surface area contributed by atoms with Gasteiger partial charge in [-0.05, 0) is 61.0 Å². The van der Waals surface area contributed by atoms with Crippen molar-refractivity contribution in [3.05, 3.63) is 83.9 Å². The zero-order valence-corrected chi connectivity index (χ0v) is 19.2. The van der Waals surface area contributed by atoms with Crippen LogP contribution in [0.15, 0.2) is 77.7 Å². The third kappa shape index (κ3) is 4.86. The number of hydrogen-bond acceptors (Lipinski definition) is 5. The Bertz CT molecular complexity index is 1180. The molecule has 3 rings (SSSR count). The van der Waals surface area contributed by atoms with Gasteiger partial charge >= 0.3 is 0 Å². The number of ether oxygens (including phenoxy) is 2. The van der Waals surface area contributed by atoms with Crippen LogP contribution in [0.1, 0.15) is 28.9 Å². The van der Waals surface area contributed by atoms with E-state index >= 15 is 0 Å². The van der Waals surface area contributed by atoms with Gasteiger partial charge in [0.1, 0.15) is 0 Å². The van der Waals surface area contributed by atoms with Gasteiger partial charge in [0.25, 0.3) is 15.9 Å². The zero-order chi connectivity index (χ0) is 23.3. The topological polar surface area (TPSA) is 84.9 Å². The van der Waals surface area contributed by atoms with Crippen LogP contribution in [-0.4, -0.2) is 35.6 Å². The maximum atomic E-state index is 12.8. The lowest BCUT2D eigenvalue weighted by Gasteiger charge is -2.20. The number of amides is 1. The van der Waals surface area contributed by atoms with Gasteiger partial charge in [0.2, 0.25) is 0 Å². The van der Waals surface area contributed by atoms with Crippen molar-refractivity contribution in [1.29, 1.82) is 0 Å². The van der Waals surface area contributed by atoms with Crippen LogP contribution in [-0.2, 0) is 10.0 Å². The van der Waals surface area contributed by atoms with Crippen LogP contribution in [0.3, 0.4) is 0 Å². The van der Waals surface area contributed by atoms with Gasteiger partial charge in [-0.2, -0.15) is 0 Å². The van der Waals surface area contributed by atoms with Crippen LogP contribution in [0.25, 0.3) is 0 Å². The average molecular weight is 455 g/mol. The van der Waals surface area contributed by atoms with E-state index in [1.807, 2.05) is 19.1 Å². The largest absolute Gasteiger partial charge is 0.493 e. The van der Waals surface area contributed by atoms with Crippen molar-refractivity contribution >= 4 is 21.6 Å². The molecule has 0 bridgehead atoms. The van der Waals surface area contributed by atoms with Crippen molar-refractivity contribution < 1.29 is 22.7 Å². The van der Waals surface area contributed by atoms with E-state index < -0.39 is 10.0 Å². The molecule has 32 heavy (non-hydrogen) atoms. The number of carbonyl (C=O) groups excluding carboxylic acids is 1. The van der Waals surface area contributed by atoms with Crippen molar-refractivity contribution in [2.24, 2.45) is 0 Å². The van der Waals surface area contributed by atoms with E-state index in [2.05, 4.69) is 5.32 Å². The molecule has 3 aromatic carbocycles. The molecule has 0 spiro atoms. The number of methoxy groups -OCH3 is 2. The maximum absolute atomic E-state index is 12.8. The lowest BCUT2D eigenvalue weighted by molar-refractivity contribution is 0.0940. The second kappa shape index (κ2) is 9.74. The molecule has 1 N–H and O–H groups in total. The minimum absolute atomic E-state index is 0.202. The van der Waals surface area contributed by atoms with E-state index in [1.54, 1.807) is 74.9 Å². The number of anilines is 1. The van der Waals surface area contributed by atoms with Gasteiger partial charge in [0.15, 0.2) is 11.5 Å². The summed E-state index contributed by atoms with van der Waals surface area (Å²) in [5.41, 5.74) is 1.74. The minimum Gasteiger partial charge on any atom is -0.493 e. The standard InChI is InChI=1S/C24H26N2O5S/c1-17(19-12-15-22(30-3)23(16-19)31-4)25-24(27)18-10-13-20(14-11-18)26(2)32(28,29)21-8-6-5-7-9-21/h5-17H,1-4H3,(H,25,27). The maximum Gasteiger partial charge on any atom is 0.264 e. The van der Waals surface area contributed by atoms with E-state index in [-0.39, 0.29) is 16.8 Å². The zero-order valence-electron chi connectivity index (χ0n) is 18.4. The van der Waals surface area contributed by atoms with E-state index in [1.165, 1.54) is 11.4 Å². The minimum atomic E-state index is -3.68. The second-order valence-corrected chi connectivity index (χ2v) is 9.11. The first-order valence-electron chi connectivity index (χ1n) is 9.94. The van der Waals surface area contributed by atoms with Crippen molar-refractivity contribution in [3.63, 3.8) is 0 Å². The smallest absolute Gasteiger partial charge is 0.264 e. The van der Waals surface area contributed by atoms with Crippen LogP contribution in [0, 0.1) is 0 Å². The molecule has 0 aliphatic rings. The summed E-state index contributed by atoms with van der Waals surface area (Å²) >= 11 is 0. The first kappa shape index (κ1) is 23.1. The summed E-state index contributed by atoms with van der Waals surface area (Å²) in [6.07, 6.45) is 0. The van der Waals surface area contributed by atoms with Crippen LogP contribution in [0.4, 0.5) is 5.69 Å². The Morgan fingerprint density at radius 2 is 1.53 bits per heavy atom. The summed E-state index contributed by atoms with van der Waals surface area (Å²) in [5.74, 6) is 0.922. The summed E-state index contributed by atoms with van der Waals surface area (Å²) in [5, 5.41) is 2.94. The highest BCUT2D eigenvalue weighted by Crippen LogP contribution is 2.30. The number of benzene rings is 3. The number of carbonyl (C=O) groups is 1. The van der Waals surface area contributed by atoms with Gasteiger partial charge in [0.05, 0.1) is 30.8 Å².